The van der Waals surface area contributed by atoms with Crippen LogP contribution in [0.25, 0.3) is 0 Å². The number of tetrazole rings is 1. The number of hydrogen-bond donors (Lipinski definition) is 2. The van der Waals surface area contributed by atoms with Crippen molar-refractivity contribution in [2.75, 3.05) is 13.1 Å². The van der Waals surface area contributed by atoms with Crippen LogP contribution in [0.2, 0.25) is 0 Å². The van der Waals surface area contributed by atoms with Crippen LogP contribution < -0.4 is 5.32 Å². The minimum Gasteiger partial charge on any atom is -0.328 e. The lowest BCUT2D eigenvalue weighted by atomic mass is 10.3. The van der Waals surface area contributed by atoms with E-state index in [1.54, 1.807) is 4.90 Å². The highest BCUT2D eigenvalue weighted by atomic mass is 16.2. The molecule has 1 atom stereocenters. The van der Waals surface area contributed by atoms with Gasteiger partial charge in [-0.15, -0.1) is 10.2 Å². The van der Waals surface area contributed by atoms with Gasteiger partial charge < -0.3 is 10.2 Å². The van der Waals surface area contributed by atoms with Crippen molar-refractivity contribution in [3.63, 3.8) is 0 Å². The monoisotopic (exact) mass is 212 g/mol. The SMILES string of the molecule is CCN(CC)C(=O)NC(C)c1nn[nH]n1. The van der Waals surface area contributed by atoms with Crippen molar-refractivity contribution in [3.8, 4) is 0 Å². The molecule has 7 heteroatoms. The molecule has 0 saturated heterocycles. The van der Waals surface area contributed by atoms with Gasteiger partial charge >= 0.3 is 6.03 Å². The average Bonchev–Trinajstić information content (AvgIpc) is 2.72. The van der Waals surface area contributed by atoms with Crippen LogP contribution >= 0.6 is 0 Å². The zero-order valence-electron chi connectivity index (χ0n) is 9.19. The summed E-state index contributed by atoms with van der Waals surface area (Å²) >= 11 is 0. The summed E-state index contributed by atoms with van der Waals surface area (Å²) in [6.07, 6.45) is 0. The molecule has 0 spiro atoms. The van der Waals surface area contributed by atoms with Gasteiger partial charge in [-0.2, -0.15) is 5.21 Å². The fraction of sp³-hybridized carbons (Fsp3) is 0.750. The van der Waals surface area contributed by atoms with Crippen molar-refractivity contribution in [2.24, 2.45) is 0 Å². The van der Waals surface area contributed by atoms with Gasteiger partial charge in [-0.05, 0) is 20.8 Å². The molecule has 0 aliphatic carbocycles. The fourth-order valence-electron chi connectivity index (χ4n) is 1.20. The summed E-state index contributed by atoms with van der Waals surface area (Å²) in [6, 6.07) is -0.353. The van der Waals surface area contributed by atoms with Crippen LogP contribution in [0.15, 0.2) is 0 Å². The first-order valence-electron chi connectivity index (χ1n) is 4.97. The molecule has 0 aromatic carbocycles. The Morgan fingerprint density at radius 1 is 1.53 bits per heavy atom. The molecule has 0 aliphatic rings. The third kappa shape index (κ3) is 2.90. The maximum Gasteiger partial charge on any atom is 0.317 e. The number of rotatable bonds is 4. The molecule has 1 aromatic heterocycles. The number of aromatic amines is 1. The van der Waals surface area contributed by atoms with Gasteiger partial charge in [0.05, 0.1) is 6.04 Å². The Labute approximate surface area is 88.2 Å². The summed E-state index contributed by atoms with van der Waals surface area (Å²) in [7, 11) is 0. The molecule has 1 unspecified atom stereocenters. The highest BCUT2D eigenvalue weighted by Gasteiger charge is 2.16. The lowest BCUT2D eigenvalue weighted by Crippen LogP contribution is -2.41. The fourth-order valence-corrected chi connectivity index (χ4v) is 1.20. The molecule has 2 N–H and O–H groups in total. The van der Waals surface area contributed by atoms with Crippen LogP contribution in [-0.4, -0.2) is 44.6 Å². The van der Waals surface area contributed by atoms with Crippen molar-refractivity contribution in [1.82, 2.24) is 30.8 Å². The van der Waals surface area contributed by atoms with E-state index in [0.717, 1.165) is 0 Å². The Morgan fingerprint density at radius 3 is 2.67 bits per heavy atom. The summed E-state index contributed by atoms with van der Waals surface area (Å²) in [5.74, 6) is 0.482. The van der Waals surface area contributed by atoms with Crippen LogP contribution in [0.5, 0.6) is 0 Å². The van der Waals surface area contributed by atoms with E-state index in [2.05, 4.69) is 25.9 Å². The number of hydrogen-bond acceptors (Lipinski definition) is 4. The van der Waals surface area contributed by atoms with E-state index in [9.17, 15) is 4.79 Å². The van der Waals surface area contributed by atoms with Gasteiger partial charge in [0.15, 0.2) is 5.82 Å². The normalized spacial score (nSPS) is 12.2. The van der Waals surface area contributed by atoms with E-state index in [-0.39, 0.29) is 12.1 Å². The summed E-state index contributed by atoms with van der Waals surface area (Å²) in [5, 5.41) is 16.2. The van der Waals surface area contributed by atoms with E-state index in [0.29, 0.717) is 18.9 Å². The van der Waals surface area contributed by atoms with Crippen molar-refractivity contribution >= 4 is 6.03 Å². The van der Waals surface area contributed by atoms with Gasteiger partial charge in [-0.3, -0.25) is 0 Å². The van der Waals surface area contributed by atoms with Gasteiger partial charge in [-0.25, -0.2) is 4.79 Å². The number of amides is 2. The second kappa shape index (κ2) is 5.28. The van der Waals surface area contributed by atoms with Crippen molar-refractivity contribution in [2.45, 2.75) is 26.8 Å². The number of nitrogens with zero attached hydrogens (tertiary/aromatic N) is 4. The first-order chi connectivity index (χ1) is 7.19. The Bertz CT molecular complexity index is 294. The van der Waals surface area contributed by atoms with Crippen molar-refractivity contribution in [3.05, 3.63) is 5.82 Å². The quantitative estimate of drug-likeness (QED) is 0.752. The van der Waals surface area contributed by atoms with Crippen LogP contribution in [0.3, 0.4) is 0 Å². The molecule has 1 rings (SSSR count). The molecule has 7 nitrogen and oxygen atoms in total. The molecule has 1 heterocycles. The molecule has 2 amide bonds. The Kier molecular flexibility index (Phi) is 4.02. The standard InChI is InChI=1S/C8H16N6O/c1-4-14(5-2)8(15)9-6(3)7-10-12-13-11-7/h6H,4-5H2,1-3H3,(H,9,15)(H,10,11,12,13). The van der Waals surface area contributed by atoms with Crippen LogP contribution in [0.4, 0.5) is 4.79 Å². The minimum atomic E-state index is -0.239. The third-order valence-corrected chi connectivity index (χ3v) is 2.14. The topological polar surface area (TPSA) is 86.8 Å². The summed E-state index contributed by atoms with van der Waals surface area (Å²) in [6.45, 7) is 7.04. The Balaban J connectivity index is 2.51. The molecule has 0 saturated carbocycles. The summed E-state index contributed by atoms with van der Waals surface area (Å²) < 4.78 is 0. The van der Waals surface area contributed by atoms with Gasteiger partial charge in [0.2, 0.25) is 0 Å². The highest BCUT2D eigenvalue weighted by molar-refractivity contribution is 5.74. The van der Waals surface area contributed by atoms with Crippen molar-refractivity contribution in [1.29, 1.82) is 0 Å². The van der Waals surface area contributed by atoms with E-state index < -0.39 is 0 Å². The third-order valence-electron chi connectivity index (χ3n) is 2.14. The van der Waals surface area contributed by atoms with Gasteiger partial charge in [0.25, 0.3) is 0 Å². The number of H-pyrrole nitrogens is 1. The predicted molar refractivity (Wildman–Crippen MR) is 54.0 cm³/mol. The number of urea groups is 1. The van der Waals surface area contributed by atoms with Gasteiger partial charge in [0, 0.05) is 13.1 Å². The number of carbonyl (C=O) groups excluding carboxylic acids is 1. The maximum absolute atomic E-state index is 11.6. The summed E-state index contributed by atoms with van der Waals surface area (Å²) in [4.78, 5) is 13.3. The van der Waals surface area contributed by atoms with E-state index in [1.807, 2.05) is 20.8 Å². The molecular weight excluding hydrogens is 196 g/mol. The number of aromatic nitrogens is 4. The summed E-state index contributed by atoms with van der Waals surface area (Å²) in [5.41, 5.74) is 0. The lowest BCUT2D eigenvalue weighted by molar-refractivity contribution is 0.199. The first-order valence-corrected chi connectivity index (χ1v) is 4.97. The largest absolute Gasteiger partial charge is 0.328 e. The zero-order chi connectivity index (χ0) is 11.3. The second-order valence-corrected chi connectivity index (χ2v) is 3.11. The van der Waals surface area contributed by atoms with Crippen LogP contribution in [0, 0.1) is 0 Å². The maximum atomic E-state index is 11.6. The molecule has 15 heavy (non-hydrogen) atoms. The predicted octanol–water partition coefficient (Wildman–Crippen LogP) is 0.312. The molecule has 0 bridgehead atoms. The van der Waals surface area contributed by atoms with Crippen LogP contribution in [-0.2, 0) is 0 Å². The lowest BCUT2D eigenvalue weighted by Gasteiger charge is -2.21. The Hall–Kier alpha value is -1.66. The van der Waals surface area contributed by atoms with Crippen LogP contribution in [0.1, 0.15) is 32.6 Å². The molecule has 84 valence electrons. The Morgan fingerprint density at radius 2 is 2.20 bits per heavy atom. The zero-order valence-corrected chi connectivity index (χ0v) is 9.19. The number of carbonyl (C=O) groups is 1. The average molecular weight is 212 g/mol. The molecular formula is C8H16N6O. The van der Waals surface area contributed by atoms with E-state index in [4.69, 9.17) is 0 Å². The molecule has 0 radical (unpaired) electrons. The second-order valence-electron chi connectivity index (χ2n) is 3.11. The first kappa shape index (κ1) is 11.4. The number of nitrogens with one attached hydrogen (secondary N) is 2. The highest BCUT2D eigenvalue weighted by Crippen LogP contribution is 2.03. The minimum absolute atomic E-state index is 0.114. The van der Waals surface area contributed by atoms with Gasteiger partial charge in [0.1, 0.15) is 0 Å². The van der Waals surface area contributed by atoms with E-state index in [1.165, 1.54) is 0 Å². The van der Waals surface area contributed by atoms with E-state index >= 15 is 0 Å². The molecule has 1 aromatic rings. The smallest absolute Gasteiger partial charge is 0.317 e. The molecule has 0 fully saturated rings. The van der Waals surface area contributed by atoms with Crippen molar-refractivity contribution < 1.29 is 4.79 Å². The van der Waals surface area contributed by atoms with Gasteiger partial charge in [-0.1, -0.05) is 5.21 Å². The molecule has 0 aliphatic heterocycles.